The Bertz CT molecular complexity index is 392. The molecule has 0 heterocycles. The average Bonchev–Trinajstić information content (AvgIpc) is 2.38. The van der Waals surface area contributed by atoms with Gasteiger partial charge in [-0.2, -0.15) is 0 Å². The maximum Gasteiger partial charge on any atom is 0.331 e. The van der Waals surface area contributed by atoms with E-state index in [1.54, 1.807) is 0 Å². The third-order valence-electron chi connectivity index (χ3n) is 2.88. The maximum atomic E-state index is 11.7. The van der Waals surface area contributed by atoms with E-state index in [0.29, 0.717) is 24.6 Å². The van der Waals surface area contributed by atoms with Crippen molar-refractivity contribution in [3.05, 3.63) is 35.9 Å². The molecular formula is C15H23NO3. The molecule has 0 spiro atoms. The number of carbonyl (C=O) groups is 1. The van der Waals surface area contributed by atoms with Gasteiger partial charge in [0.15, 0.2) is 5.54 Å². The predicted octanol–water partition coefficient (Wildman–Crippen LogP) is 2.25. The van der Waals surface area contributed by atoms with E-state index in [1.165, 1.54) is 0 Å². The van der Waals surface area contributed by atoms with Gasteiger partial charge in [-0.15, -0.1) is 0 Å². The standard InChI is InChI=1S/C15H23NO3/c1-4-16-15(14(17)18,11-19-10-12(2)3)13-8-6-5-7-9-13/h5-9,12,16H,4,10-11H2,1-3H3,(H,17,18). The Morgan fingerprint density at radius 2 is 2.00 bits per heavy atom. The summed E-state index contributed by atoms with van der Waals surface area (Å²) < 4.78 is 5.59. The van der Waals surface area contributed by atoms with Crippen molar-refractivity contribution in [2.24, 2.45) is 5.92 Å². The van der Waals surface area contributed by atoms with Crippen molar-refractivity contribution in [1.82, 2.24) is 5.32 Å². The molecule has 1 atom stereocenters. The lowest BCUT2D eigenvalue weighted by molar-refractivity contribution is -0.148. The second kappa shape index (κ2) is 7.26. The SMILES string of the molecule is CCNC(COCC(C)C)(C(=O)O)c1ccccc1. The number of ether oxygens (including phenoxy) is 1. The highest BCUT2D eigenvalue weighted by Crippen LogP contribution is 2.22. The fourth-order valence-electron chi connectivity index (χ4n) is 1.97. The highest BCUT2D eigenvalue weighted by molar-refractivity contribution is 5.81. The Balaban J connectivity index is 2.97. The second-order valence-electron chi connectivity index (χ2n) is 5.02. The molecule has 0 aliphatic carbocycles. The van der Waals surface area contributed by atoms with E-state index >= 15 is 0 Å². The number of hydrogen-bond acceptors (Lipinski definition) is 3. The smallest absolute Gasteiger partial charge is 0.331 e. The molecular weight excluding hydrogens is 242 g/mol. The van der Waals surface area contributed by atoms with Crippen LogP contribution in [0.25, 0.3) is 0 Å². The molecule has 0 bridgehead atoms. The maximum absolute atomic E-state index is 11.7. The molecule has 0 saturated heterocycles. The zero-order chi connectivity index (χ0) is 14.3. The number of nitrogens with one attached hydrogen (secondary N) is 1. The van der Waals surface area contributed by atoms with Gasteiger partial charge >= 0.3 is 5.97 Å². The summed E-state index contributed by atoms with van der Waals surface area (Å²) in [6.45, 7) is 7.21. The van der Waals surface area contributed by atoms with Gasteiger partial charge in [0.05, 0.1) is 6.61 Å². The number of hydrogen-bond donors (Lipinski definition) is 2. The van der Waals surface area contributed by atoms with Crippen LogP contribution in [0, 0.1) is 5.92 Å². The average molecular weight is 265 g/mol. The normalized spacial score (nSPS) is 14.3. The van der Waals surface area contributed by atoms with Crippen molar-refractivity contribution < 1.29 is 14.6 Å². The molecule has 1 aromatic rings. The third-order valence-corrected chi connectivity index (χ3v) is 2.88. The Morgan fingerprint density at radius 3 is 2.47 bits per heavy atom. The molecule has 1 unspecified atom stereocenters. The molecule has 4 heteroatoms. The molecule has 0 aromatic heterocycles. The monoisotopic (exact) mass is 265 g/mol. The lowest BCUT2D eigenvalue weighted by atomic mass is 9.90. The summed E-state index contributed by atoms with van der Waals surface area (Å²) >= 11 is 0. The van der Waals surface area contributed by atoms with Crippen LogP contribution in [0.5, 0.6) is 0 Å². The van der Waals surface area contributed by atoms with Gasteiger partial charge in [-0.1, -0.05) is 51.1 Å². The Kier molecular flexibility index (Phi) is 5.99. The molecule has 1 aromatic carbocycles. The molecule has 0 amide bonds. The van der Waals surface area contributed by atoms with Crippen LogP contribution < -0.4 is 5.32 Å². The van der Waals surface area contributed by atoms with Crippen molar-refractivity contribution in [3.8, 4) is 0 Å². The van der Waals surface area contributed by atoms with Gasteiger partial charge in [-0.25, -0.2) is 4.79 Å². The summed E-state index contributed by atoms with van der Waals surface area (Å²) in [6.07, 6.45) is 0. The number of carboxylic acids is 1. The van der Waals surface area contributed by atoms with Crippen LogP contribution in [0.4, 0.5) is 0 Å². The van der Waals surface area contributed by atoms with Gasteiger partial charge in [0.25, 0.3) is 0 Å². The van der Waals surface area contributed by atoms with Crippen LogP contribution in [-0.4, -0.2) is 30.8 Å². The van der Waals surface area contributed by atoms with Gasteiger partial charge in [-0.3, -0.25) is 5.32 Å². The molecule has 0 aliphatic heterocycles. The molecule has 1 rings (SSSR count). The molecule has 0 fully saturated rings. The Hall–Kier alpha value is -1.39. The first-order valence-corrected chi connectivity index (χ1v) is 6.64. The Labute approximate surface area is 114 Å². The zero-order valence-electron chi connectivity index (χ0n) is 11.8. The molecule has 106 valence electrons. The van der Waals surface area contributed by atoms with Crippen molar-refractivity contribution >= 4 is 5.97 Å². The molecule has 0 saturated carbocycles. The van der Waals surface area contributed by atoms with E-state index in [2.05, 4.69) is 5.32 Å². The minimum atomic E-state index is -1.18. The van der Waals surface area contributed by atoms with Gasteiger partial charge < -0.3 is 9.84 Å². The lowest BCUT2D eigenvalue weighted by Crippen LogP contribution is -2.52. The molecule has 19 heavy (non-hydrogen) atoms. The summed E-state index contributed by atoms with van der Waals surface area (Å²) in [7, 11) is 0. The van der Waals surface area contributed by atoms with Crippen LogP contribution in [0.1, 0.15) is 26.3 Å². The Morgan fingerprint density at radius 1 is 1.37 bits per heavy atom. The molecule has 0 radical (unpaired) electrons. The topological polar surface area (TPSA) is 58.6 Å². The zero-order valence-corrected chi connectivity index (χ0v) is 11.8. The summed E-state index contributed by atoms with van der Waals surface area (Å²) in [5.41, 5.74) is -0.460. The number of carboxylic acid groups (broad SMARTS) is 1. The molecule has 0 aliphatic rings. The number of rotatable bonds is 8. The van der Waals surface area contributed by atoms with Crippen molar-refractivity contribution in [2.45, 2.75) is 26.3 Å². The van der Waals surface area contributed by atoms with Gasteiger partial charge in [0.1, 0.15) is 0 Å². The van der Waals surface area contributed by atoms with Crippen LogP contribution in [0.15, 0.2) is 30.3 Å². The van der Waals surface area contributed by atoms with E-state index in [9.17, 15) is 9.90 Å². The molecule has 2 N–H and O–H groups in total. The van der Waals surface area contributed by atoms with E-state index in [4.69, 9.17) is 4.74 Å². The van der Waals surface area contributed by atoms with Gasteiger partial charge in [0.2, 0.25) is 0 Å². The highest BCUT2D eigenvalue weighted by atomic mass is 16.5. The second-order valence-corrected chi connectivity index (χ2v) is 5.02. The first kappa shape index (κ1) is 15.7. The lowest BCUT2D eigenvalue weighted by Gasteiger charge is -2.31. The van der Waals surface area contributed by atoms with Gasteiger partial charge in [-0.05, 0) is 18.0 Å². The van der Waals surface area contributed by atoms with Crippen molar-refractivity contribution in [3.63, 3.8) is 0 Å². The fourth-order valence-corrected chi connectivity index (χ4v) is 1.97. The van der Waals surface area contributed by atoms with Crippen molar-refractivity contribution in [2.75, 3.05) is 19.8 Å². The minimum absolute atomic E-state index is 0.123. The fraction of sp³-hybridized carbons (Fsp3) is 0.533. The van der Waals surface area contributed by atoms with Gasteiger partial charge in [0, 0.05) is 6.61 Å². The molecule has 4 nitrogen and oxygen atoms in total. The number of aliphatic carboxylic acids is 1. The summed E-state index contributed by atoms with van der Waals surface area (Å²) in [5.74, 6) is -0.534. The summed E-state index contributed by atoms with van der Waals surface area (Å²) in [5, 5.41) is 12.7. The number of benzene rings is 1. The first-order valence-electron chi connectivity index (χ1n) is 6.64. The van der Waals surface area contributed by atoms with Crippen LogP contribution >= 0.6 is 0 Å². The number of likely N-dealkylation sites (N-methyl/N-ethyl adjacent to an activating group) is 1. The minimum Gasteiger partial charge on any atom is -0.480 e. The van der Waals surface area contributed by atoms with Crippen LogP contribution in [-0.2, 0) is 15.1 Å². The largest absolute Gasteiger partial charge is 0.480 e. The van der Waals surface area contributed by atoms with E-state index in [-0.39, 0.29) is 6.61 Å². The van der Waals surface area contributed by atoms with Crippen LogP contribution in [0.2, 0.25) is 0 Å². The highest BCUT2D eigenvalue weighted by Gasteiger charge is 2.40. The van der Waals surface area contributed by atoms with E-state index < -0.39 is 11.5 Å². The third kappa shape index (κ3) is 4.04. The summed E-state index contributed by atoms with van der Waals surface area (Å²) in [4.78, 5) is 11.7. The van der Waals surface area contributed by atoms with Crippen LogP contribution in [0.3, 0.4) is 0 Å². The first-order chi connectivity index (χ1) is 9.03. The van der Waals surface area contributed by atoms with Crippen molar-refractivity contribution in [1.29, 1.82) is 0 Å². The quantitative estimate of drug-likeness (QED) is 0.757. The van der Waals surface area contributed by atoms with E-state index in [1.807, 2.05) is 51.1 Å². The summed E-state index contributed by atoms with van der Waals surface area (Å²) in [6, 6.07) is 9.18. The van der Waals surface area contributed by atoms with E-state index in [0.717, 1.165) is 0 Å². The predicted molar refractivity (Wildman–Crippen MR) is 75.1 cm³/mol.